The van der Waals surface area contributed by atoms with Crippen molar-refractivity contribution in [1.82, 2.24) is 14.8 Å². The highest BCUT2D eigenvalue weighted by atomic mass is 32.1. The number of aromatic nitrogens is 3. The number of carbonyl (C=O) groups is 2. The van der Waals surface area contributed by atoms with Crippen LogP contribution in [0.3, 0.4) is 0 Å². The van der Waals surface area contributed by atoms with Crippen LogP contribution in [0.5, 0.6) is 0 Å². The zero-order valence-corrected chi connectivity index (χ0v) is 13.7. The number of aryl methyl sites for hydroxylation is 2. The lowest BCUT2D eigenvalue weighted by Crippen LogP contribution is -2.12. The Kier molecular flexibility index (Phi) is 3.83. The molecule has 0 aliphatic carbocycles. The highest BCUT2D eigenvalue weighted by Crippen LogP contribution is 2.28. The van der Waals surface area contributed by atoms with E-state index in [0.29, 0.717) is 16.5 Å². The molecule has 0 fully saturated rings. The van der Waals surface area contributed by atoms with Crippen LogP contribution in [-0.2, 0) is 11.8 Å². The van der Waals surface area contributed by atoms with Crippen LogP contribution in [0.15, 0.2) is 24.3 Å². The molecule has 2 heterocycles. The molecule has 2 N–H and O–H groups in total. The van der Waals surface area contributed by atoms with Crippen molar-refractivity contribution in [3.63, 3.8) is 0 Å². The summed E-state index contributed by atoms with van der Waals surface area (Å²) in [6.07, 6.45) is 0. The van der Waals surface area contributed by atoms with E-state index in [0.717, 1.165) is 15.9 Å². The third kappa shape index (κ3) is 3.21. The summed E-state index contributed by atoms with van der Waals surface area (Å²) in [6, 6.07) is 7.13. The van der Waals surface area contributed by atoms with Gasteiger partial charge in [-0.25, -0.2) is 4.98 Å². The molecule has 8 heteroatoms. The summed E-state index contributed by atoms with van der Waals surface area (Å²) in [7, 11) is 1.79. The van der Waals surface area contributed by atoms with Crippen molar-refractivity contribution in [2.75, 3.05) is 10.6 Å². The van der Waals surface area contributed by atoms with Crippen LogP contribution in [0.25, 0.3) is 10.2 Å². The highest BCUT2D eigenvalue weighted by Gasteiger charge is 2.14. The molecule has 118 valence electrons. The van der Waals surface area contributed by atoms with Crippen LogP contribution in [-0.4, -0.2) is 26.6 Å². The molecule has 3 aromatic rings. The molecule has 0 aliphatic rings. The van der Waals surface area contributed by atoms with Gasteiger partial charge in [0.2, 0.25) is 5.91 Å². The molecule has 0 unspecified atom stereocenters. The molecule has 0 saturated heterocycles. The maximum Gasteiger partial charge on any atom is 0.277 e. The maximum atomic E-state index is 12.2. The number of anilines is 2. The number of fused-ring (bicyclic) bond motifs is 1. The number of hydrogen-bond donors (Lipinski definition) is 2. The van der Waals surface area contributed by atoms with E-state index in [9.17, 15) is 9.59 Å². The van der Waals surface area contributed by atoms with Crippen LogP contribution in [0.2, 0.25) is 0 Å². The molecule has 0 spiro atoms. The summed E-state index contributed by atoms with van der Waals surface area (Å²) in [4.78, 5) is 27.7. The second kappa shape index (κ2) is 5.81. The van der Waals surface area contributed by atoms with Gasteiger partial charge < -0.3 is 5.32 Å². The maximum absolute atomic E-state index is 12.2. The van der Waals surface area contributed by atoms with Gasteiger partial charge in [-0.05, 0) is 31.2 Å². The van der Waals surface area contributed by atoms with Gasteiger partial charge in [0.1, 0.15) is 0 Å². The lowest BCUT2D eigenvalue weighted by Gasteiger charge is -1.99. The summed E-state index contributed by atoms with van der Waals surface area (Å²) in [5.41, 5.74) is 2.71. The zero-order chi connectivity index (χ0) is 16.6. The van der Waals surface area contributed by atoms with Gasteiger partial charge >= 0.3 is 0 Å². The fourth-order valence-electron chi connectivity index (χ4n) is 2.09. The molecule has 1 aromatic carbocycles. The van der Waals surface area contributed by atoms with E-state index in [-0.39, 0.29) is 11.8 Å². The van der Waals surface area contributed by atoms with E-state index in [1.165, 1.54) is 18.3 Å². The summed E-state index contributed by atoms with van der Waals surface area (Å²) in [5, 5.41) is 10.1. The number of nitrogens with zero attached hydrogens (tertiary/aromatic N) is 3. The van der Waals surface area contributed by atoms with E-state index in [1.54, 1.807) is 29.9 Å². The van der Waals surface area contributed by atoms with Gasteiger partial charge in [-0.1, -0.05) is 11.3 Å². The van der Waals surface area contributed by atoms with Gasteiger partial charge in [0, 0.05) is 25.4 Å². The van der Waals surface area contributed by atoms with Gasteiger partial charge in [0.25, 0.3) is 5.91 Å². The molecule has 2 aromatic heterocycles. The minimum absolute atomic E-state index is 0.132. The quantitative estimate of drug-likeness (QED) is 0.773. The van der Waals surface area contributed by atoms with Crippen molar-refractivity contribution < 1.29 is 9.59 Å². The standard InChI is InChI=1S/C15H15N5O2S/c1-8-6-12(19-20(8)3)14(22)18-15-17-11-5-4-10(16-9(2)21)7-13(11)23-15/h4-7H,1-3H3,(H,16,21)(H,17,18,22). The van der Waals surface area contributed by atoms with Crippen LogP contribution in [0.4, 0.5) is 10.8 Å². The normalized spacial score (nSPS) is 10.7. The number of amides is 2. The van der Waals surface area contributed by atoms with Crippen LogP contribution in [0, 0.1) is 6.92 Å². The molecular formula is C15H15N5O2S. The number of rotatable bonds is 3. The van der Waals surface area contributed by atoms with Crippen molar-refractivity contribution in [2.45, 2.75) is 13.8 Å². The van der Waals surface area contributed by atoms with Gasteiger partial charge in [0.15, 0.2) is 10.8 Å². The first-order chi connectivity index (χ1) is 10.9. The molecule has 0 aliphatic heterocycles. The molecular weight excluding hydrogens is 314 g/mol. The number of carbonyl (C=O) groups excluding carboxylic acids is 2. The second-order valence-corrected chi connectivity index (χ2v) is 6.16. The monoisotopic (exact) mass is 329 g/mol. The Morgan fingerprint density at radius 2 is 2.00 bits per heavy atom. The van der Waals surface area contributed by atoms with Gasteiger partial charge in [-0.3, -0.25) is 19.6 Å². The molecule has 0 bridgehead atoms. The fourth-order valence-corrected chi connectivity index (χ4v) is 2.99. The Hall–Kier alpha value is -2.74. The van der Waals surface area contributed by atoms with E-state index in [4.69, 9.17) is 0 Å². The summed E-state index contributed by atoms with van der Waals surface area (Å²) in [6.45, 7) is 3.34. The van der Waals surface area contributed by atoms with E-state index in [1.807, 2.05) is 13.0 Å². The smallest absolute Gasteiger partial charge is 0.277 e. The molecule has 0 atom stereocenters. The predicted molar refractivity (Wildman–Crippen MR) is 89.8 cm³/mol. The minimum Gasteiger partial charge on any atom is -0.326 e. The van der Waals surface area contributed by atoms with E-state index >= 15 is 0 Å². The predicted octanol–water partition coefficient (Wildman–Crippen LogP) is 2.55. The van der Waals surface area contributed by atoms with Crippen LogP contribution in [0.1, 0.15) is 23.1 Å². The minimum atomic E-state index is -0.296. The van der Waals surface area contributed by atoms with Gasteiger partial charge in [-0.15, -0.1) is 0 Å². The lowest BCUT2D eigenvalue weighted by atomic mass is 10.3. The average Bonchev–Trinajstić information content (AvgIpc) is 3.01. The van der Waals surface area contributed by atoms with Crippen LogP contribution < -0.4 is 10.6 Å². The Balaban J connectivity index is 1.82. The Bertz CT molecular complexity index is 892. The third-order valence-corrected chi connectivity index (χ3v) is 4.21. The molecule has 0 saturated carbocycles. The van der Waals surface area contributed by atoms with Gasteiger partial charge in [0.05, 0.1) is 10.2 Å². The average molecular weight is 329 g/mol. The van der Waals surface area contributed by atoms with E-state index < -0.39 is 0 Å². The number of thiazole rings is 1. The molecule has 0 radical (unpaired) electrons. The van der Waals surface area contributed by atoms with Crippen molar-refractivity contribution in [2.24, 2.45) is 7.05 Å². The lowest BCUT2D eigenvalue weighted by molar-refractivity contribution is -0.114. The largest absolute Gasteiger partial charge is 0.326 e. The molecule has 23 heavy (non-hydrogen) atoms. The van der Waals surface area contributed by atoms with Gasteiger partial charge in [-0.2, -0.15) is 5.10 Å². The summed E-state index contributed by atoms with van der Waals surface area (Å²) < 4.78 is 2.52. The first kappa shape index (κ1) is 15.2. The summed E-state index contributed by atoms with van der Waals surface area (Å²) >= 11 is 1.34. The zero-order valence-electron chi connectivity index (χ0n) is 12.9. The first-order valence-electron chi connectivity index (χ1n) is 6.92. The number of hydrogen-bond acceptors (Lipinski definition) is 5. The third-order valence-electron chi connectivity index (χ3n) is 3.28. The Labute approximate surface area is 136 Å². The van der Waals surface area contributed by atoms with Crippen molar-refractivity contribution in [3.05, 3.63) is 35.7 Å². The van der Waals surface area contributed by atoms with Crippen molar-refractivity contribution in [1.29, 1.82) is 0 Å². The van der Waals surface area contributed by atoms with E-state index in [2.05, 4.69) is 20.7 Å². The number of nitrogens with one attached hydrogen (secondary N) is 2. The van der Waals surface area contributed by atoms with Crippen molar-refractivity contribution in [3.8, 4) is 0 Å². The molecule has 2 amide bonds. The number of benzene rings is 1. The topological polar surface area (TPSA) is 88.9 Å². The second-order valence-electron chi connectivity index (χ2n) is 5.13. The Morgan fingerprint density at radius 3 is 2.65 bits per heavy atom. The fraction of sp³-hybridized carbons (Fsp3) is 0.200. The van der Waals surface area contributed by atoms with Crippen LogP contribution >= 0.6 is 11.3 Å². The Morgan fingerprint density at radius 1 is 1.22 bits per heavy atom. The highest BCUT2D eigenvalue weighted by molar-refractivity contribution is 7.22. The summed E-state index contributed by atoms with van der Waals surface area (Å²) in [5.74, 6) is -0.428. The van der Waals surface area contributed by atoms with Crippen molar-refractivity contribution >= 4 is 44.2 Å². The SMILES string of the molecule is CC(=O)Nc1ccc2nc(NC(=O)c3cc(C)n(C)n3)sc2c1. The molecule has 3 rings (SSSR count). The molecule has 7 nitrogen and oxygen atoms in total. The first-order valence-corrected chi connectivity index (χ1v) is 7.74.